The molecule has 0 aromatic heterocycles. The maximum absolute atomic E-state index is 12.0. The zero-order valence-corrected chi connectivity index (χ0v) is 12.6. The normalized spacial score (nSPS) is 22.9. The van der Waals surface area contributed by atoms with Crippen molar-refractivity contribution in [3.8, 4) is 0 Å². The third-order valence-corrected chi connectivity index (χ3v) is 4.19. The smallest absolute Gasteiger partial charge is 0.225 e. The number of nitrogens with two attached hydrogens (primary N) is 1. The van der Waals surface area contributed by atoms with Crippen LogP contribution in [0.25, 0.3) is 0 Å². The van der Waals surface area contributed by atoms with Gasteiger partial charge < -0.3 is 11.1 Å². The quantitative estimate of drug-likeness (QED) is 0.831. The highest BCUT2D eigenvalue weighted by Gasteiger charge is 2.25. The molecule has 1 aromatic rings. The Morgan fingerprint density at radius 2 is 2.20 bits per heavy atom. The van der Waals surface area contributed by atoms with Crippen molar-refractivity contribution < 1.29 is 4.79 Å². The Morgan fingerprint density at radius 3 is 2.85 bits per heavy atom. The molecule has 4 heteroatoms. The lowest BCUT2D eigenvalue weighted by Crippen LogP contribution is -2.30. The van der Waals surface area contributed by atoms with Gasteiger partial charge in [0.1, 0.15) is 0 Å². The molecule has 1 amide bonds. The molecule has 2 atom stereocenters. The zero-order chi connectivity index (χ0) is 14.7. The van der Waals surface area contributed by atoms with Gasteiger partial charge in [-0.3, -0.25) is 9.69 Å². The van der Waals surface area contributed by atoms with Crippen molar-refractivity contribution in [3.05, 3.63) is 23.8 Å². The highest BCUT2D eigenvalue weighted by atomic mass is 16.1. The average Bonchev–Trinajstić information content (AvgIpc) is 2.71. The number of anilines is 2. The molecule has 1 saturated heterocycles. The summed E-state index contributed by atoms with van der Waals surface area (Å²) in [7, 11) is 0. The van der Waals surface area contributed by atoms with Gasteiger partial charge in [-0.1, -0.05) is 13.0 Å². The van der Waals surface area contributed by atoms with Gasteiger partial charge in [-0.2, -0.15) is 0 Å². The Morgan fingerprint density at radius 1 is 1.45 bits per heavy atom. The number of amides is 1. The lowest BCUT2D eigenvalue weighted by molar-refractivity contribution is -0.116. The van der Waals surface area contributed by atoms with Crippen molar-refractivity contribution >= 4 is 17.3 Å². The second kappa shape index (κ2) is 6.27. The first-order chi connectivity index (χ1) is 9.47. The van der Waals surface area contributed by atoms with Crippen LogP contribution in [0.5, 0.6) is 0 Å². The zero-order valence-electron chi connectivity index (χ0n) is 12.6. The number of nitrogens with one attached hydrogen (secondary N) is 1. The van der Waals surface area contributed by atoms with E-state index in [2.05, 4.69) is 24.1 Å². The number of likely N-dealkylation sites (tertiary alicyclic amines) is 1. The molecule has 0 aliphatic carbocycles. The molecule has 3 N–H and O–H groups in total. The van der Waals surface area contributed by atoms with Gasteiger partial charge in [-0.25, -0.2) is 0 Å². The topological polar surface area (TPSA) is 58.4 Å². The molecule has 4 nitrogen and oxygen atoms in total. The van der Waals surface area contributed by atoms with Crippen molar-refractivity contribution in [2.45, 2.75) is 39.7 Å². The summed E-state index contributed by atoms with van der Waals surface area (Å²) in [6.07, 6.45) is 1.77. The largest absolute Gasteiger partial charge is 0.398 e. The van der Waals surface area contributed by atoms with E-state index in [4.69, 9.17) is 5.73 Å². The number of benzene rings is 1. The van der Waals surface area contributed by atoms with Crippen LogP contribution in [0.2, 0.25) is 0 Å². The number of nitrogen functional groups attached to an aromatic ring is 1. The molecule has 0 saturated carbocycles. The third-order valence-electron chi connectivity index (χ3n) is 4.19. The molecule has 0 bridgehead atoms. The Balaban J connectivity index is 1.85. The van der Waals surface area contributed by atoms with E-state index in [0.29, 0.717) is 18.2 Å². The summed E-state index contributed by atoms with van der Waals surface area (Å²) in [5.74, 6) is 0.801. The van der Waals surface area contributed by atoms with E-state index >= 15 is 0 Å². The predicted molar refractivity (Wildman–Crippen MR) is 83.7 cm³/mol. The van der Waals surface area contributed by atoms with Crippen LogP contribution in [0.15, 0.2) is 18.2 Å². The molecule has 1 aromatic carbocycles. The van der Waals surface area contributed by atoms with E-state index in [1.807, 2.05) is 25.1 Å². The third kappa shape index (κ3) is 3.51. The fraction of sp³-hybridized carbons (Fsp3) is 0.562. The highest BCUT2D eigenvalue weighted by Crippen LogP contribution is 2.23. The molecule has 0 spiro atoms. The van der Waals surface area contributed by atoms with Gasteiger partial charge in [0.05, 0.1) is 0 Å². The Labute approximate surface area is 121 Å². The maximum Gasteiger partial charge on any atom is 0.225 e. The van der Waals surface area contributed by atoms with Crippen LogP contribution in [0.1, 0.15) is 32.3 Å². The summed E-state index contributed by atoms with van der Waals surface area (Å²) >= 11 is 0. The number of carbonyl (C=O) groups is 1. The number of hydrogen-bond acceptors (Lipinski definition) is 3. The van der Waals surface area contributed by atoms with Crippen LogP contribution < -0.4 is 11.1 Å². The first-order valence-electron chi connectivity index (χ1n) is 7.36. The molecule has 1 aliphatic heterocycles. The van der Waals surface area contributed by atoms with Crippen molar-refractivity contribution in [1.82, 2.24) is 4.90 Å². The van der Waals surface area contributed by atoms with E-state index in [9.17, 15) is 4.79 Å². The summed E-state index contributed by atoms with van der Waals surface area (Å²) in [5.41, 5.74) is 8.31. The lowest BCUT2D eigenvalue weighted by Gasteiger charge is -2.20. The van der Waals surface area contributed by atoms with Gasteiger partial charge in [0, 0.05) is 36.9 Å². The van der Waals surface area contributed by atoms with Crippen LogP contribution >= 0.6 is 0 Å². The molecular weight excluding hydrogens is 250 g/mol. The summed E-state index contributed by atoms with van der Waals surface area (Å²) in [4.78, 5) is 14.4. The summed E-state index contributed by atoms with van der Waals surface area (Å²) < 4.78 is 0. The second-order valence-electron chi connectivity index (χ2n) is 6.00. The molecular formula is C16H25N3O. The van der Waals surface area contributed by atoms with Gasteiger partial charge in [0.2, 0.25) is 5.91 Å². The monoisotopic (exact) mass is 275 g/mol. The SMILES string of the molecule is Cc1c(N)cccc1NC(=O)CCN1CC(C)CC1C. The van der Waals surface area contributed by atoms with Crippen molar-refractivity contribution in [1.29, 1.82) is 0 Å². The minimum atomic E-state index is 0.0606. The number of carbonyl (C=O) groups excluding carboxylic acids is 1. The minimum absolute atomic E-state index is 0.0606. The summed E-state index contributed by atoms with van der Waals surface area (Å²) in [5, 5.41) is 2.96. The molecule has 20 heavy (non-hydrogen) atoms. The average molecular weight is 275 g/mol. The van der Waals surface area contributed by atoms with E-state index in [0.717, 1.165) is 30.3 Å². The standard InChI is InChI=1S/C16H25N3O/c1-11-9-12(2)19(10-11)8-7-16(20)18-15-6-4-5-14(17)13(15)3/h4-6,11-12H,7-10,17H2,1-3H3,(H,18,20). The van der Waals surface area contributed by atoms with E-state index < -0.39 is 0 Å². The van der Waals surface area contributed by atoms with Crippen LogP contribution in [0.3, 0.4) is 0 Å². The predicted octanol–water partition coefficient (Wildman–Crippen LogP) is 2.64. The maximum atomic E-state index is 12.0. The summed E-state index contributed by atoms with van der Waals surface area (Å²) in [6.45, 7) is 8.37. The first-order valence-corrected chi connectivity index (χ1v) is 7.36. The van der Waals surface area contributed by atoms with Crippen LogP contribution in [-0.2, 0) is 4.79 Å². The first kappa shape index (κ1) is 14.9. The number of hydrogen-bond donors (Lipinski definition) is 2. The van der Waals surface area contributed by atoms with E-state index in [1.165, 1.54) is 6.42 Å². The fourth-order valence-electron chi connectivity index (χ4n) is 2.94. The fourth-order valence-corrected chi connectivity index (χ4v) is 2.94. The molecule has 110 valence electrons. The van der Waals surface area contributed by atoms with Crippen LogP contribution in [-0.4, -0.2) is 29.9 Å². The Kier molecular flexibility index (Phi) is 4.65. The minimum Gasteiger partial charge on any atom is -0.398 e. The molecule has 0 radical (unpaired) electrons. The molecule has 1 fully saturated rings. The molecule has 2 unspecified atom stereocenters. The molecule has 1 heterocycles. The summed E-state index contributed by atoms with van der Waals surface area (Å²) in [6, 6.07) is 6.19. The van der Waals surface area contributed by atoms with Gasteiger partial charge in [0.25, 0.3) is 0 Å². The molecule has 2 rings (SSSR count). The Bertz CT molecular complexity index is 487. The number of nitrogens with zero attached hydrogens (tertiary/aromatic N) is 1. The van der Waals surface area contributed by atoms with Crippen molar-refractivity contribution in [2.75, 3.05) is 24.1 Å². The van der Waals surface area contributed by atoms with Gasteiger partial charge in [-0.05, 0) is 43.9 Å². The van der Waals surface area contributed by atoms with Gasteiger partial charge in [0.15, 0.2) is 0 Å². The van der Waals surface area contributed by atoms with Crippen molar-refractivity contribution in [2.24, 2.45) is 5.92 Å². The van der Waals surface area contributed by atoms with E-state index in [-0.39, 0.29) is 5.91 Å². The van der Waals surface area contributed by atoms with E-state index in [1.54, 1.807) is 0 Å². The van der Waals surface area contributed by atoms with Gasteiger partial charge >= 0.3 is 0 Å². The highest BCUT2D eigenvalue weighted by molar-refractivity contribution is 5.92. The van der Waals surface area contributed by atoms with Gasteiger partial charge in [-0.15, -0.1) is 0 Å². The van der Waals surface area contributed by atoms with Crippen LogP contribution in [0, 0.1) is 12.8 Å². The lowest BCUT2D eigenvalue weighted by atomic mass is 10.1. The number of rotatable bonds is 4. The molecule has 1 aliphatic rings. The van der Waals surface area contributed by atoms with Crippen molar-refractivity contribution in [3.63, 3.8) is 0 Å². The Hall–Kier alpha value is -1.55. The van der Waals surface area contributed by atoms with Crippen LogP contribution in [0.4, 0.5) is 11.4 Å². The second-order valence-corrected chi connectivity index (χ2v) is 6.00.